The first-order valence-corrected chi connectivity index (χ1v) is 9.20. The molecule has 3 rings (SSSR count). The van der Waals surface area contributed by atoms with Gasteiger partial charge in [0, 0.05) is 35.7 Å². The zero-order valence-corrected chi connectivity index (χ0v) is 15.2. The fourth-order valence-corrected chi connectivity index (χ4v) is 3.42. The molecule has 0 aromatic heterocycles. The standard InChI is InChI=1S/C19H22ClN3S/c20-17-7-9-18(10-8-17)22-19(24)21-13-15-5-1-2-6-16(15)14-23-11-3-4-12-23/h1-2,5-10H,3-4,11-14H2,(H2,21,22,24)/p+1. The van der Waals surface area contributed by atoms with E-state index in [9.17, 15) is 0 Å². The minimum Gasteiger partial charge on any atom is -0.358 e. The lowest BCUT2D eigenvalue weighted by atomic mass is 10.1. The second-order valence-corrected chi connectivity index (χ2v) is 7.06. The first kappa shape index (κ1) is 17.2. The number of nitrogens with one attached hydrogen (secondary N) is 3. The van der Waals surface area contributed by atoms with Gasteiger partial charge in [-0.15, -0.1) is 0 Å². The molecule has 2 aromatic rings. The molecule has 0 atom stereocenters. The number of likely N-dealkylation sites (tertiary alicyclic amines) is 1. The molecule has 0 bridgehead atoms. The lowest BCUT2D eigenvalue weighted by Crippen LogP contribution is -3.08. The van der Waals surface area contributed by atoms with Crippen LogP contribution in [0.1, 0.15) is 24.0 Å². The molecule has 1 fully saturated rings. The van der Waals surface area contributed by atoms with Crippen LogP contribution in [0.2, 0.25) is 5.02 Å². The largest absolute Gasteiger partial charge is 0.358 e. The molecule has 0 saturated carbocycles. The van der Waals surface area contributed by atoms with Crippen LogP contribution in [0.4, 0.5) is 5.69 Å². The average Bonchev–Trinajstić information content (AvgIpc) is 3.09. The first-order chi connectivity index (χ1) is 11.7. The third-order valence-electron chi connectivity index (χ3n) is 4.41. The third-order valence-corrected chi connectivity index (χ3v) is 4.91. The molecule has 0 aliphatic carbocycles. The van der Waals surface area contributed by atoms with Crippen LogP contribution in [0.15, 0.2) is 48.5 Å². The van der Waals surface area contributed by atoms with Crippen LogP contribution in [0.5, 0.6) is 0 Å². The Morgan fingerprint density at radius 1 is 1.00 bits per heavy atom. The molecule has 0 radical (unpaired) electrons. The predicted molar refractivity (Wildman–Crippen MR) is 105 cm³/mol. The van der Waals surface area contributed by atoms with Crippen LogP contribution in [-0.4, -0.2) is 18.2 Å². The summed E-state index contributed by atoms with van der Waals surface area (Å²) in [5, 5.41) is 7.84. The Hall–Kier alpha value is -1.62. The Bertz CT molecular complexity index is 681. The molecule has 0 amide bonds. The van der Waals surface area contributed by atoms with Crippen molar-refractivity contribution >= 4 is 34.6 Å². The maximum absolute atomic E-state index is 5.90. The summed E-state index contributed by atoms with van der Waals surface area (Å²) < 4.78 is 0. The highest BCUT2D eigenvalue weighted by Crippen LogP contribution is 2.13. The molecule has 126 valence electrons. The number of anilines is 1. The zero-order chi connectivity index (χ0) is 16.8. The molecule has 0 unspecified atom stereocenters. The lowest BCUT2D eigenvalue weighted by molar-refractivity contribution is -0.901. The van der Waals surface area contributed by atoms with E-state index in [1.54, 1.807) is 4.90 Å². The van der Waals surface area contributed by atoms with Gasteiger partial charge in [0.15, 0.2) is 5.11 Å². The van der Waals surface area contributed by atoms with Gasteiger partial charge in [-0.2, -0.15) is 0 Å². The molecule has 3 N–H and O–H groups in total. The van der Waals surface area contributed by atoms with Gasteiger partial charge in [-0.3, -0.25) is 0 Å². The highest BCUT2D eigenvalue weighted by Gasteiger charge is 2.17. The van der Waals surface area contributed by atoms with Crippen molar-refractivity contribution in [2.75, 3.05) is 18.4 Å². The average molecular weight is 361 g/mol. The summed E-state index contributed by atoms with van der Waals surface area (Å²) in [5.41, 5.74) is 3.67. The minimum atomic E-state index is 0.626. The van der Waals surface area contributed by atoms with Crippen LogP contribution in [0, 0.1) is 0 Å². The number of halogens is 1. The minimum absolute atomic E-state index is 0.626. The van der Waals surface area contributed by atoms with Crippen molar-refractivity contribution in [2.24, 2.45) is 0 Å². The monoisotopic (exact) mass is 360 g/mol. The third kappa shape index (κ3) is 4.94. The van der Waals surface area contributed by atoms with Gasteiger partial charge < -0.3 is 15.5 Å². The van der Waals surface area contributed by atoms with Gasteiger partial charge in [0.05, 0.1) is 13.1 Å². The van der Waals surface area contributed by atoms with Crippen LogP contribution < -0.4 is 15.5 Å². The van der Waals surface area contributed by atoms with Crippen molar-refractivity contribution in [1.82, 2.24) is 5.32 Å². The predicted octanol–water partition coefficient (Wildman–Crippen LogP) is 3.01. The van der Waals surface area contributed by atoms with Crippen LogP contribution in [-0.2, 0) is 13.1 Å². The zero-order valence-electron chi connectivity index (χ0n) is 13.6. The van der Waals surface area contributed by atoms with Gasteiger partial charge in [0.2, 0.25) is 0 Å². The smallest absolute Gasteiger partial charge is 0.171 e. The molecule has 1 aliphatic rings. The highest BCUT2D eigenvalue weighted by atomic mass is 35.5. The van der Waals surface area contributed by atoms with Gasteiger partial charge in [-0.1, -0.05) is 35.9 Å². The van der Waals surface area contributed by atoms with Crippen LogP contribution in [0.25, 0.3) is 0 Å². The van der Waals surface area contributed by atoms with E-state index in [0.717, 1.165) is 23.8 Å². The van der Waals surface area contributed by atoms with E-state index >= 15 is 0 Å². The van der Waals surface area contributed by atoms with Gasteiger partial charge in [-0.25, -0.2) is 0 Å². The second-order valence-electron chi connectivity index (χ2n) is 6.22. The molecule has 2 aromatic carbocycles. The number of hydrogen-bond acceptors (Lipinski definition) is 1. The van der Waals surface area contributed by atoms with Crippen molar-refractivity contribution in [3.05, 3.63) is 64.7 Å². The number of hydrogen-bond donors (Lipinski definition) is 3. The lowest BCUT2D eigenvalue weighted by Gasteiger charge is -2.16. The van der Waals surface area contributed by atoms with E-state index < -0.39 is 0 Å². The number of rotatable bonds is 5. The summed E-state index contributed by atoms with van der Waals surface area (Å²) in [6.45, 7) is 4.43. The Balaban J connectivity index is 1.55. The van der Waals surface area contributed by atoms with Crippen LogP contribution >= 0.6 is 23.8 Å². The van der Waals surface area contributed by atoms with Crippen molar-refractivity contribution in [3.8, 4) is 0 Å². The van der Waals surface area contributed by atoms with E-state index in [4.69, 9.17) is 23.8 Å². The summed E-state index contributed by atoms with van der Waals surface area (Å²) in [6.07, 6.45) is 2.70. The van der Waals surface area contributed by atoms with Crippen molar-refractivity contribution in [3.63, 3.8) is 0 Å². The summed E-state index contributed by atoms with van der Waals surface area (Å²) in [4.78, 5) is 1.68. The summed E-state index contributed by atoms with van der Waals surface area (Å²) in [5.74, 6) is 0. The second kappa shape index (κ2) is 8.47. The van der Waals surface area contributed by atoms with Crippen molar-refractivity contribution in [2.45, 2.75) is 25.9 Å². The van der Waals surface area contributed by atoms with Crippen molar-refractivity contribution < 1.29 is 4.90 Å². The highest BCUT2D eigenvalue weighted by molar-refractivity contribution is 7.80. The molecule has 3 nitrogen and oxygen atoms in total. The molecule has 24 heavy (non-hydrogen) atoms. The van der Waals surface area contributed by atoms with E-state index in [-0.39, 0.29) is 0 Å². The molecular weight excluding hydrogens is 338 g/mol. The Morgan fingerprint density at radius 3 is 2.38 bits per heavy atom. The van der Waals surface area contributed by atoms with Crippen molar-refractivity contribution in [1.29, 1.82) is 0 Å². The van der Waals surface area contributed by atoms with Gasteiger partial charge in [0.25, 0.3) is 0 Å². The molecule has 1 saturated heterocycles. The Labute approximate surface area is 154 Å². The molecule has 5 heteroatoms. The Kier molecular flexibility index (Phi) is 6.07. The van der Waals surface area contributed by atoms with E-state index in [1.165, 1.54) is 37.1 Å². The van der Waals surface area contributed by atoms with Crippen LogP contribution in [0.3, 0.4) is 0 Å². The fourth-order valence-electron chi connectivity index (χ4n) is 3.11. The summed E-state index contributed by atoms with van der Waals surface area (Å²) in [6, 6.07) is 16.2. The number of benzene rings is 2. The quantitative estimate of drug-likeness (QED) is 0.716. The summed E-state index contributed by atoms with van der Waals surface area (Å²) in [7, 11) is 0. The van der Waals surface area contributed by atoms with Gasteiger partial charge in [0.1, 0.15) is 6.54 Å². The number of quaternary nitrogens is 1. The normalized spacial score (nSPS) is 14.5. The maximum Gasteiger partial charge on any atom is 0.171 e. The maximum atomic E-state index is 5.90. The van der Waals surface area contributed by atoms with Gasteiger partial charge in [-0.05, 0) is 42.0 Å². The number of thiocarbonyl (C=S) groups is 1. The first-order valence-electron chi connectivity index (χ1n) is 8.41. The van der Waals surface area contributed by atoms with E-state index in [2.05, 4.69) is 34.9 Å². The summed E-state index contributed by atoms with van der Waals surface area (Å²) >= 11 is 11.3. The van der Waals surface area contributed by atoms with E-state index in [0.29, 0.717) is 5.11 Å². The molecule has 1 heterocycles. The topological polar surface area (TPSA) is 28.5 Å². The fraction of sp³-hybridized carbons (Fsp3) is 0.316. The molecule has 0 spiro atoms. The molecule has 1 aliphatic heterocycles. The van der Waals surface area contributed by atoms with Gasteiger partial charge >= 0.3 is 0 Å². The SMILES string of the molecule is S=C(NCc1ccccc1C[NH+]1CCCC1)Nc1ccc(Cl)cc1. The van der Waals surface area contributed by atoms with E-state index in [1.807, 2.05) is 24.3 Å². The Morgan fingerprint density at radius 2 is 1.67 bits per heavy atom. The molecular formula is C19H23ClN3S+.